The molecule has 4 heteroatoms. The Morgan fingerprint density at radius 3 is 2.58 bits per heavy atom. The van der Waals surface area contributed by atoms with Crippen molar-refractivity contribution < 1.29 is 8.95 Å². The molecule has 0 saturated carbocycles. The van der Waals surface area contributed by atoms with Crippen molar-refractivity contribution in [1.82, 2.24) is 4.90 Å². The lowest BCUT2D eigenvalue weighted by molar-refractivity contribution is 0.220. The second-order valence-corrected chi connectivity index (χ2v) is 8.01. The van der Waals surface area contributed by atoms with Gasteiger partial charge >= 0.3 is 0 Å². The Labute approximate surface area is 147 Å². The zero-order chi connectivity index (χ0) is 16.8. The number of benzene rings is 2. The lowest BCUT2D eigenvalue weighted by Crippen LogP contribution is -2.39. The Morgan fingerprint density at radius 1 is 1.08 bits per heavy atom. The van der Waals surface area contributed by atoms with Crippen molar-refractivity contribution >= 4 is 10.8 Å². The van der Waals surface area contributed by atoms with E-state index < -0.39 is 10.8 Å². The van der Waals surface area contributed by atoms with Crippen molar-refractivity contribution in [3.8, 4) is 5.75 Å². The van der Waals surface area contributed by atoms with Gasteiger partial charge in [0.2, 0.25) is 0 Å². The Kier molecular flexibility index (Phi) is 6.05. The molecule has 0 N–H and O–H groups in total. The molecule has 3 nitrogen and oxygen atoms in total. The van der Waals surface area contributed by atoms with Gasteiger partial charge in [0.15, 0.2) is 0 Å². The SMILES string of the molecule is Cc1ccc(OCCN2CCS(=O)CC2)c(Cc2ccccc2)c1. The van der Waals surface area contributed by atoms with Gasteiger partial charge in [-0.2, -0.15) is 0 Å². The summed E-state index contributed by atoms with van der Waals surface area (Å²) in [4.78, 5) is 2.34. The van der Waals surface area contributed by atoms with Gasteiger partial charge in [-0.05, 0) is 24.1 Å². The van der Waals surface area contributed by atoms with Gasteiger partial charge in [-0.1, -0.05) is 48.0 Å². The van der Waals surface area contributed by atoms with Crippen LogP contribution in [0.25, 0.3) is 0 Å². The van der Waals surface area contributed by atoms with Crippen LogP contribution >= 0.6 is 0 Å². The van der Waals surface area contributed by atoms with E-state index in [1.54, 1.807) is 0 Å². The molecule has 0 radical (unpaired) electrons. The maximum atomic E-state index is 11.4. The van der Waals surface area contributed by atoms with Crippen LogP contribution < -0.4 is 4.74 Å². The van der Waals surface area contributed by atoms with Gasteiger partial charge in [0, 0.05) is 48.4 Å². The Bertz CT molecular complexity index is 677. The summed E-state index contributed by atoms with van der Waals surface area (Å²) in [6.07, 6.45) is 0.889. The first-order valence-corrected chi connectivity index (χ1v) is 10.0. The highest BCUT2D eigenvalue weighted by Crippen LogP contribution is 2.23. The average molecular weight is 343 g/mol. The number of hydrogen-bond donors (Lipinski definition) is 0. The molecule has 1 heterocycles. The van der Waals surface area contributed by atoms with E-state index in [4.69, 9.17) is 4.74 Å². The number of nitrogens with zero attached hydrogens (tertiary/aromatic N) is 1. The van der Waals surface area contributed by atoms with E-state index in [2.05, 4.69) is 54.3 Å². The van der Waals surface area contributed by atoms with Gasteiger partial charge in [0.05, 0.1) is 0 Å². The molecule has 0 spiro atoms. The van der Waals surface area contributed by atoms with Crippen molar-refractivity contribution in [2.75, 3.05) is 37.7 Å². The summed E-state index contributed by atoms with van der Waals surface area (Å²) in [5.41, 5.74) is 3.79. The third kappa shape index (κ3) is 4.92. The topological polar surface area (TPSA) is 29.5 Å². The molecular weight excluding hydrogens is 318 g/mol. The first-order valence-electron chi connectivity index (χ1n) is 8.54. The second-order valence-electron chi connectivity index (χ2n) is 6.31. The standard InChI is InChI=1S/C20H25NO2S/c1-17-7-8-20(19(15-17)16-18-5-3-2-4-6-18)23-12-9-21-10-13-24(22)14-11-21/h2-8,15H,9-14,16H2,1H3. The molecule has 2 aromatic carbocycles. The van der Waals surface area contributed by atoms with Crippen molar-refractivity contribution in [3.63, 3.8) is 0 Å². The highest BCUT2D eigenvalue weighted by atomic mass is 32.2. The van der Waals surface area contributed by atoms with Crippen LogP contribution in [0.1, 0.15) is 16.7 Å². The van der Waals surface area contributed by atoms with Crippen molar-refractivity contribution in [2.45, 2.75) is 13.3 Å². The average Bonchev–Trinajstić information content (AvgIpc) is 2.59. The summed E-state index contributed by atoms with van der Waals surface area (Å²) >= 11 is 0. The lowest BCUT2D eigenvalue weighted by Gasteiger charge is -2.26. The van der Waals surface area contributed by atoms with Gasteiger partial charge in [-0.15, -0.1) is 0 Å². The zero-order valence-corrected chi connectivity index (χ0v) is 15.1. The summed E-state index contributed by atoms with van der Waals surface area (Å²) in [6, 6.07) is 16.9. The van der Waals surface area contributed by atoms with Crippen LogP contribution in [-0.4, -0.2) is 46.9 Å². The Balaban J connectivity index is 1.59. The molecular formula is C20H25NO2S. The third-order valence-electron chi connectivity index (χ3n) is 4.39. The molecule has 2 aromatic rings. The largest absolute Gasteiger partial charge is 0.492 e. The van der Waals surface area contributed by atoms with Crippen LogP contribution in [0.15, 0.2) is 48.5 Å². The summed E-state index contributed by atoms with van der Waals surface area (Å²) in [5.74, 6) is 2.57. The number of ether oxygens (including phenoxy) is 1. The number of rotatable bonds is 6. The molecule has 0 atom stereocenters. The Morgan fingerprint density at radius 2 is 1.83 bits per heavy atom. The molecule has 0 unspecified atom stereocenters. The van der Waals surface area contributed by atoms with Gasteiger partial charge in [-0.25, -0.2) is 0 Å². The molecule has 128 valence electrons. The molecule has 1 aliphatic rings. The fourth-order valence-electron chi connectivity index (χ4n) is 2.99. The maximum absolute atomic E-state index is 11.4. The normalized spacial score (nSPS) is 16.2. The van der Waals surface area contributed by atoms with Gasteiger partial charge in [-0.3, -0.25) is 9.11 Å². The van der Waals surface area contributed by atoms with Crippen LogP contribution in [0.5, 0.6) is 5.75 Å². The molecule has 1 saturated heterocycles. The zero-order valence-electron chi connectivity index (χ0n) is 14.2. The van der Waals surface area contributed by atoms with Crippen LogP contribution in [0.2, 0.25) is 0 Å². The minimum absolute atomic E-state index is 0.614. The van der Waals surface area contributed by atoms with Crippen molar-refractivity contribution in [1.29, 1.82) is 0 Å². The van der Waals surface area contributed by atoms with Gasteiger partial charge < -0.3 is 4.74 Å². The predicted molar refractivity (Wildman–Crippen MR) is 100 cm³/mol. The van der Waals surface area contributed by atoms with E-state index in [9.17, 15) is 4.21 Å². The molecule has 0 aromatic heterocycles. The Hall–Kier alpha value is -1.65. The first-order chi connectivity index (χ1) is 11.7. The monoisotopic (exact) mass is 343 g/mol. The van der Waals surface area contributed by atoms with E-state index in [0.29, 0.717) is 6.61 Å². The van der Waals surface area contributed by atoms with E-state index in [1.807, 2.05) is 6.07 Å². The summed E-state index contributed by atoms with van der Waals surface area (Å²) in [7, 11) is -0.614. The van der Waals surface area contributed by atoms with Crippen LogP contribution in [0, 0.1) is 6.92 Å². The van der Waals surface area contributed by atoms with Crippen LogP contribution in [-0.2, 0) is 17.2 Å². The molecule has 0 aliphatic carbocycles. The third-order valence-corrected chi connectivity index (χ3v) is 5.66. The lowest BCUT2D eigenvalue weighted by atomic mass is 10.0. The fourth-order valence-corrected chi connectivity index (χ4v) is 4.11. The van der Waals surface area contributed by atoms with Gasteiger partial charge in [0.25, 0.3) is 0 Å². The summed E-state index contributed by atoms with van der Waals surface area (Å²) < 4.78 is 17.5. The molecule has 0 bridgehead atoms. The maximum Gasteiger partial charge on any atom is 0.122 e. The number of aryl methyl sites for hydroxylation is 1. The van der Waals surface area contributed by atoms with E-state index in [1.165, 1.54) is 16.7 Å². The smallest absolute Gasteiger partial charge is 0.122 e. The molecule has 3 rings (SSSR count). The van der Waals surface area contributed by atoms with Crippen molar-refractivity contribution in [3.05, 3.63) is 65.2 Å². The number of hydrogen-bond acceptors (Lipinski definition) is 3. The van der Waals surface area contributed by atoms with Crippen LogP contribution in [0.3, 0.4) is 0 Å². The molecule has 0 amide bonds. The summed E-state index contributed by atoms with van der Waals surface area (Å²) in [5, 5.41) is 0. The quantitative estimate of drug-likeness (QED) is 0.807. The fraction of sp³-hybridized carbons (Fsp3) is 0.400. The summed E-state index contributed by atoms with van der Waals surface area (Å²) in [6.45, 7) is 5.53. The van der Waals surface area contributed by atoms with E-state index in [-0.39, 0.29) is 0 Å². The second kappa shape index (κ2) is 8.45. The highest BCUT2D eigenvalue weighted by Gasteiger charge is 2.15. The first kappa shape index (κ1) is 17.2. The van der Waals surface area contributed by atoms with Crippen LogP contribution in [0.4, 0.5) is 0 Å². The van der Waals surface area contributed by atoms with Gasteiger partial charge in [0.1, 0.15) is 12.4 Å². The molecule has 1 aliphatic heterocycles. The van der Waals surface area contributed by atoms with Crippen molar-refractivity contribution in [2.24, 2.45) is 0 Å². The molecule has 24 heavy (non-hydrogen) atoms. The van der Waals surface area contributed by atoms with E-state index >= 15 is 0 Å². The van der Waals surface area contributed by atoms with E-state index in [0.717, 1.165) is 43.3 Å². The minimum Gasteiger partial charge on any atom is -0.492 e. The highest BCUT2D eigenvalue weighted by molar-refractivity contribution is 7.85. The molecule has 1 fully saturated rings. The predicted octanol–water partition coefficient (Wildman–Crippen LogP) is 3.03. The minimum atomic E-state index is -0.614.